The first-order chi connectivity index (χ1) is 18.9. The van der Waals surface area contributed by atoms with Gasteiger partial charge in [0.2, 0.25) is 5.91 Å². The van der Waals surface area contributed by atoms with Gasteiger partial charge in [-0.25, -0.2) is 4.98 Å². The number of rotatable bonds is 7. The molecule has 10 heteroatoms. The zero-order valence-corrected chi connectivity index (χ0v) is 22.4. The first kappa shape index (κ1) is 24.7. The molecule has 6 rings (SSSR count). The van der Waals surface area contributed by atoms with Crippen molar-refractivity contribution in [1.82, 2.24) is 30.0 Å². The van der Waals surface area contributed by atoms with Crippen LogP contribution in [0.2, 0.25) is 0 Å². The zero-order chi connectivity index (χ0) is 27.1. The average molecular weight is 536 g/mol. The normalized spacial score (nSPS) is 11.5. The minimum absolute atomic E-state index is 0.0646. The number of hydrogen-bond donors (Lipinski definition) is 3. The Bertz CT molecular complexity index is 1860. The summed E-state index contributed by atoms with van der Waals surface area (Å²) < 4.78 is 0. The van der Waals surface area contributed by atoms with Crippen molar-refractivity contribution in [3.63, 3.8) is 0 Å². The van der Waals surface area contributed by atoms with Crippen LogP contribution in [0.3, 0.4) is 0 Å². The summed E-state index contributed by atoms with van der Waals surface area (Å²) >= 11 is 1.49. The molecule has 0 aliphatic heterocycles. The van der Waals surface area contributed by atoms with E-state index < -0.39 is 0 Å². The predicted octanol–water partition coefficient (Wildman–Crippen LogP) is 5.60. The van der Waals surface area contributed by atoms with Crippen molar-refractivity contribution in [3.05, 3.63) is 71.9 Å². The van der Waals surface area contributed by atoms with Gasteiger partial charge in [0.1, 0.15) is 11.2 Å². The maximum Gasteiger partial charge on any atom is 0.238 e. The number of pyridine rings is 2. The Hall–Kier alpha value is -4.67. The summed E-state index contributed by atoms with van der Waals surface area (Å²) in [6.07, 6.45) is 3.34. The lowest BCUT2D eigenvalue weighted by molar-refractivity contribution is -0.116. The minimum atomic E-state index is -0.113. The first-order valence-corrected chi connectivity index (χ1v) is 13.2. The number of thiophene rings is 1. The van der Waals surface area contributed by atoms with Gasteiger partial charge in [-0.2, -0.15) is 5.10 Å². The second kappa shape index (κ2) is 9.90. The zero-order valence-electron chi connectivity index (χ0n) is 21.6. The molecule has 5 aromatic heterocycles. The van der Waals surface area contributed by atoms with E-state index in [1.54, 1.807) is 24.2 Å². The maximum absolute atomic E-state index is 12.2. The van der Waals surface area contributed by atoms with Crippen molar-refractivity contribution in [2.45, 2.75) is 6.92 Å². The van der Waals surface area contributed by atoms with Crippen molar-refractivity contribution < 1.29 is 9.59 Å². The molecular weight excluding hydrogens is 510 g/mol. The molecule has 0 saturated carbocycles. The van der Waals surface area contributed by atoms with Gasteiger partial charge in [-0.15, -0.1) is 11.3 Å². The summed E-state index contributed by atoms with van der Waals surface area (Å²) in [4.78, 5) is 40.3. The van der Waals surface area contributed by atoms with Crippen LogP contribution in [0.15, 0.2) is 67.0 Å². The molecule has 0 aliphatic carbocycles. The fraction of sp³-hybridized carbons (Fsp3) is 0.138. The van der Waals surface area contributed by atoms with Crippen LogP contribution < -0.4 is 5.32 Å². The van der Waals surface area contributed by atoms with Gasteiger partial charge < -0.3 is 15.2 Å². The Kier molecular flexibility index (Phi) is 6.26. The Morgan fingerprint density at radius 3 is 2.69 bits per heavy atom. The van der Waals surface area contributed by atoms with Gasteiger partial charge >= 0.3 is 0 Å². The second-order valence-corrected chi connectivity index (χ2v) is 10.7. The molecule has 0 saturated heterocycles. The van der Waals surface area contributed by atoms with Crippen LogP contribution in [0.5, 0.6) is 0 Å². The SMILES string of the molecule is CC(=O)c1ccc(-c2cccc3[nH]c(-c4n[nH]c5ccc(-c6cncc(NC(=O)CN(C)C)c6)nc45)cc23)s1. The van der Waals surface area contributed by atoms with Crippen molar-refractivity contribution in [1.29, 1.82) is 0 Å². The van der Waals surface area contributed by atoms with Crippen molar-refractivity contribution in [2.75, 3.05) is 26.0 Å². The number of ketones is 1. The molecule has 1 amide bonds. The van der Waals surface area contributed by atoms with Gasteiger partial charge in [0.25, 0.3) is 0 Å². The Morgan fingerprint density at radius 1 is 1.03 bits per heavy atom. The third kappa shape index (κ3) is 4.83. The van der Waals surface area contributed by atoms with E-state index in [0.717, 1.165) is 48.5 Å². The van der Waals surface area contributed by atoms with Crippen LogP contribution in [0.4, 0.5) is 5.69 Å². The Morgan fingerprint density at radius 2 is 1.90 bits per heavy atom. The molecule has 6 aromatic rings. The van der Waals surface area contributed by atoms with Gasteiger partial charge in [-0.05, 0) is 63.5 Å². The number of benzene rings is 1. The molecule has 0 bridgehead atoms. The van der Waals surface area contributed by atoms with E-state index in [9.17, 15) is 9.59 Å². The number of Topliss-reactive ketones (excluding diaryl/α,β-unsaturated/α-hetero) is 1. The molecule has 5 heterocycles. The summed E-state index contributed by atoms with van der Waals surface area (Å²) in [5, 5.41) is 11.6. The number of fused-ring (bicyclic) bond motifs is 2. The number of H-pyrrole nitrogens is 2. The lowest BCUT2D eigenvalue weighted by Crippen LogP contribution is -2.27. The summed E-state index contributed by atoms with van der Waals surface area (Å²) in [5.41, 5.74) is 7.19. The third-order valence-electron chi connectivity index (χ3n) is 6.32. The molecule has 1 aromatic carbocycles. The number of carbonyl (C=O) groups is 2. The monoisotopic (exact) mass is 535 g/mol. The van der Waals surface area contributed by atoms with E-state index in [1.165, 1.54) is 11.3 Å². The molecule has 3 N–H and O–H groups in total. The summed E-state index contributed by atoms with van der Waals surface area (Å²) in [5.74, 6) is -0.0486. The molecule has 0 fully saturated rings. The number of carbonyl (C=O) groups excluding carboxylic acids is 2. The molecule has 0 aliphatic rings. The first-order valence-electron chi connectivity index (χ1n) is 12.3. The average Bonchev–Trinajstić information content (AvgIpc) is 3.65. The van der Waals surface area contributed by atoms with E-state index in [1.807, 2.05) is 56.6 Å². The van der Waals surface area contributed by atoms with Gasteiger partial charge in [-0.1, -0.05) is 12.1 Å². The van der Waals surface area contributed by atoms with Crippen molar-refractivity contribution >= 4 is 50.7 Å². The molecule has 0 radical (unpaired) electrons. The maximum atomic E-state index is 12.2. The second-order valence-electron chi connectivity index (χ2n) is 9.58. The number of anilines is 1. The highest BCUT2D eigenvalue weighted by atomic mass is 32.1. The lowest BCUT2D eigenvalue weighted by atomic mass is 10.1. The number of hydrogen-bond acceptors (Lipinski definition) is 7. The Balaban J connectivity index is 1.37. The van der Waals surface area contributed by atoms with Crippen LogP contribution in [-0.4, -0.2) is 62.4 Å². The van der Waals surface area contributed by atoms with E-state index >= 15 is 0 Å². The fourth-order valence-electron chi connectivity index (χ4n) is 4.55. The van der Waals surface area contributed by atoms with E-state index in [4.69, 9.17) is 4.98 Å². The highest BCUT2D eigenvalue weighted by Crippen LogP contribution is 2.37. The minimum Gasteiger partial charge on any atom is -0.353 e. The smallest absolute Gasteiger partial charge is 0.238 e. The van der Waals surface area contributed by atoms with Crippen LogP contribution in [-0.2, 0) is 4.79 Å². The number of likely N-dealkylation sites (N-methyl/N-ethyl adjacent to an activating group) is 1. The Labute approximate surface area is 227 Å². The van der Waals surface area contributed by atoms with Gasteiger partial charge in [0, 0.05) is 33.1 Å². The van der Waals surface area contributed by atoms with Crippen LogP contribution in [0.25, 0.3) is 55.0 Å². The molecule has 0 spiro atoms. The summed E-state index contributed by atoms with van der Waals surface area (Å²) in [7, 11) is 3.69. The number of nitrogens with one attached hydrogen (secondary N) is 3. The number of nitrogens with zero attached hydrogens (tertiary/aromatic N) is 4. The molecule has 39 heavy (non-hydrogen) atoms. The third-order valence-corrected chi connectivity index (χ3v) is 7.54. The number of amides is 1. The van der Waals surface area contributed by atoms with Crippen molar-refractivity contribution in [3.8, 4) is 33.1 Å². The fourth-order valence-corrected chi connectivity index (χ4v) is 5.49. The predicted molar refractivity (Wildman–Crippen MR) is 155 cm³/mol. The molecule has 0 atom stereocenters. The van der Waals surface area contributed by atoms with Gasteiger partial charge in [-0.3, -0.25) is 19.7 Å². The quantitative estimate of drug-likeness (QED) is 0.229. The van der Waals surface area contributed by atoms with Crippen LogP contribution in [0.1, 0.15) is 16.6 Å². The van der Waals surface area contributed by atoms with E-state index in [2.05, 4.69) is 37.6 Å². The highest BCUT2D eigenvalue weighted by Gasteiger charge is 2.17. The highest BCUT2D eigenvalue weighted by molar-refractivity contribution is 7.17. The lowest BCUT2D eigenvalue weighted by Gasteiger charge is -2.10. The molecule has 9 nitrogen and oxygen atoms in total. The van der Waals surface area contributed by atoms with Crippen molar-refractivity contribution in [2.24, 2.45) is 0 Å². The van der Waals surface area contributed by atoms with Crippen LogP contribution in [0, 0.1) is 0 Å². The van der Waals surface area contributed by atoms with E-state index in [0.29, 0.717) is 17.1 Å². The standard InChI is InChI=1S/C29H25N7O2S/c1-16(37)25-9-10-26(39-25)19-5-4-6-22-20(19)12-24(32-22)29-28-23(34-35-29)8-7-21(33-28)17-11-18(14-30-13-17)31-27(38)15-36(2)3/h4-14,32H,15H2,1-3H3,(H,31,38)(H,34,35). The summed E-state index contributed by atoms with van der Waals surface area (Å²) in [6, 6.07) is 17.7. The molecular formula is C29H25N7O2S. The molecule has 194 valence electrons. The van der Waals surface area contributed by atoms with Gasteiger partial charge in [0.05, 0.1) is 40.2 Å². The largest absolute Gasteiger partial charge is 0.353 e. The number of aromatic nitrogens is 5. The molecule has 0 unspecified atom stereocenters. The van der Waals surface area contributed by atoms with Crippen LogP contribution >= 0.6 is 11.3 Å². The number of aromatic amines is 2. The van der Waals surface area contributed by atoms with E-state index in [-0.39, 0.29) is 18.2 Å². The topological polar surface area (TPSA) is 120 Å². The van der Waals surface area contributed by atoms with Gasteiger partial charge in [0.15, 0.2) is 5.78 Å². The summed E-state index contributed by atoms with van der Waals surface area (Å²) in [6.45, 7) is 1.87.